The van der Waals surface area contributed by atoms with Crippen LogP contribution in [-0.4, -0.2) is 41.9 Å². The summed E-state index contributed by atoms with van der Waals surface area (Å²) >= 11 is 0. The summed E-state index contributed by atoms with van der Waals surface area (Å²) in [5.41, 5.74) is 0.695. The van der Waals surface area contributed by atoms with E-state index in [0.717, 1.165) is 51.2 Å². The van der Waals surface area contributed by atoms with Crippen molar-refractivity contribution in [2.75, 3.05) is 19.8 Å². The van der Waals surface area contributed by atoms with Crippen LogP contribution in [-0.2, 0) is 9.47 Å². The largest absolute Gasteiger partial charge is 0.396 e. The van der Waals surface area contributed by atoms with Crippen molar-refractivity contribution in [2.24, 2.45) is 46.3 Å². The van der Waals surface area contributed by atoms with Gasteiger partial charge in [-0.25, -0.2) is 0 Å². The smallest absolute Gasteiger partial charge is 0.168 e. The molecule has 4 nitrogen and oxygen atoms in total. The van der Waals surface area contributed by atoms with Gasteiger partial charge in [-0.05, 0) is 97.7 Å². The lowest BCUT2D eigenvalue weighted by Crippen LogP contribution is -2.60. The number of rotatable bonds is 4. The van der Waals surface area contributed by atoms with E-state index in [1.54, 1.807) is 0 Å². The molecular weight excluding hydrogens is 400 g/mol. The highest BCUT2D eigenvalue weighted by atomic mass is 16.7. The van der Waals surface area contributed by atoms with Gasteiger partial charge in [-0.3, -0.25) is 0 Å². The van der Waals surface area contributed by atoms with Crippen LogP contribution >= 0.6 is 0 Å². The van der Waals surface area contributed by atoms with Gasteiger partial charge >= 0.3 is 0 Å². The Morgan fingerprint density at radius 3 is 2.31 bits per heavy atom. The van der Waals surface area contributed by atoms with Gasteiger partial charge in [0.05, 0.1) is 19.3 Å². The standard InChI is InChI=1S/C26H44O4.C2H6/c1-17(5-4-12-27)19-6-7-20-23-21(8-9-25(19,20)3)24(2)10-11-26(29-13-14-30-26)16-18(24)15-22(23)28;1-2/h17-23,27-28H,4-16H2,1-3H3;1-2H3/t17-,18+,19?,20?,21?,22-,23?,24?,25?;/m1./s1. The number of hydrogen-bond acceptors (Lipinski definition) is 4. The first-order chi connectivity index (χ1) is 15.3. The van der Waals surface area contributed by atoms with Gasteiger partial charge in [-0.15, -0.1) is 0 Å². The Balaban J connectivity index is 0.00000119. The zero-order valence-electron chi connectivity index (χ0n) is 21.4. The van der Waals surface area contributed by atoms with Crippen LogP contribution in [0.15, 0.2) is 0 Å². The van der Waals surface area contributed by atoms with Gasteiger partial charge in [-0.1, -0.05) is 34.6 Å². The van der Waals surface area contributed by atoms with Crippen molar-refractivity contribution in [3.8, 4) is 0 Å². The number of aliphatic hydroxyl groups is 2. The third-order valence-corrected chi connectivity index (χ3v) is 11.1. The summed E-state index contributed by atoms with van der Waals surface area (Å²) in [4.78, 5) is 0. The van der Waals surface area contributed by atoms with E-state index in [2.05, 4.69) is 20.8 Å². The summed E-state index contributed by atoms with van der Waals surface area (Å²) in [5.74, 6) is 3.39. The highest BCUT2D eigenvalue weighted by Gasteiger charge is 2.64. The second-order valence-electron chi connectivity index (χ2n) is 12.2. The molecule has 4 saturated carbocycles. The van der Waals surface area contributed by atoms with Gasteiger partial charge in [0.2, 0.25) is 0 Å². The zero-order valence-corrected chi connectivity index (χ0v) is 21.4. The molecule has 5 rings (SSSR count). The first kappa shape index (κ1) is 24.9. The molecule has 0 amide bonds. The average Bonchev–Trinajstić information content (AvgIpc) is 3.39. The molecular formula is C28H50O4. The maximum atomic E-state index is 11.5. The molecule has 1 heterocycles. The molecule has 186 valence electrons. The van der Waals surface area contributed by atoms with E-state index >= 15 is 0 Å². The quantitative estimate of drug-likeness (QED) is 0.569. The zero-order chi connectivity index (χ0) is 23.1. The van der Waals surface area contributed by atoms with E-state index in [-0.39, 0.29) is 11.9 Å². The van der Waals surface area contributed by atoms with Crippen LogP contribution in [0.4, 0.5) is 0 Å². The molecule has 32 heavy (non-hydrogen) atoms. The molecule has 1 saturated heterocycles. The van der Waals surface area contributed by atoms with E-state index in [0.29, 0.717) is 47.0 Å². The SMILES string of the molecule is CC.C[C@H](CCCO)C1CCC2C3C(CCC21C)C1(C)CCC2(C[C@@H]1C[C@H]3O)OCCO2. The van der Waals surface area contributed by atoms with Crippen LogP contribution in [0.3, 0.4) is 0 Å². The molecule has 9 atom stereocenters. The molecule has 6 unspecified atom stereocenters. The summed E-state index contributed by atoms with van der Waals surface area (Å²) < 4.78 is 12.2. The minimum absolute atomic E-state index is 0.166. The number of fused-ring (bicyclic) bond motifs is 5. The van der Waals surface area contributed by atoms with Crippen molar-refractivity contribution < 1.29 is 19.7 Å². The van der Waals surface area contributed by atoms with E-state index in [4.69, 9.17) is 9.47 Å². The lowest BCUT2D eigenvalue weighted by molar-refractivity contribution is -0.243. The van der Waals surface area contributed by atoms with Gasteiger partial charge in [0.1, 0.15) is 0 Å². The fourth-order valence-electron chi connectivity index (χ4n) is 9.51. The first-order valence-corrected chi connectivity index (χ1v) is 13.9. The summed E-state index contributed by atoms with van der Waals surface area (Å²) in [5, 5.41) is 20.8. The fourth-order valence-corrected chi connectivity index (χ4v) is 9.51. The van der Waals surface area contributed by atoms with E-state index in [1.807, 2.05) is 13.8 Å². The Morgan fingerprint density at radius 2 is 1.62 bits per heavy atom. The average molecular weight is 451 g/mol. The van der Waals surface area contributed by atoms with Crippen molar-refractivity contribution >= 4 is 0 Å². The summed E-state index contributed by atoms with van der Waals surface area (Å²) in [6, 6.07) is 0. The Hall–Kier alpha value is -0.160. The number of aliphatic hydroxyl groups excluding tert-OH is 2. The summed E-state index contributed by atoms with van der Waals surface area (Å²) in [6.07, 6.45) is 11.2. The molecule has 0 aromatic carbocycles. The molecule has 1 aliphatic heterocycles. The van der Waals surface area contributed by atoms with E-state index in [1.165, 1.54) is 32.1 Å². The molecule has 0 radical (unpaired) electrons. The van der Waals surface area contributed by atoms with Gasteiger partial charge in [0.25, 0.3) is 0 Å². The number of hydrogen-bond donors (Lipinski definition) is 2. The normalized spacial score (nSPS) is 47.7. The fraction of sp³-hybridized carbons (Fsp3) is 1.00. The van der Waals surface area contributed by atoms with Gasteiger partial charge in [-0.2, -0.15) is 0 Å². The maximum Gasteiger partial charge on any atom is 0.168 e. The highest BCUT2D eigenvalue weighted by molar-refractivity contribution is 5.12. The van der Waals surface area contributed by atoms with Crippen LogP contribution in [0.1, 0.15) is 98.8 Å². The molecule has 0 aromatic heterocycles. The second-order valence-corrected chi connectivity index (χ2v) is 12.2. The first-order valence-electron chi connectivity index (χ1n) is 13.9. The molecule has 5 fully saturated rings. The van der Waals surface area contributed by atoms with E-state index in [9.17, 15) is 10.2 Å². The van der Waals surface area contributed by atoms with Crippen LogP contribution in [0, 0.1) is 46.3 Å². The minimum Gasteiger partial charge on any atom is -0.396 e. The number of ether oxygens (including phenoxy) is 2. The third kappa shape index (κ3) is 3.89. The Labute approximate surface area is 196 Å². The van der Waals surface area contributed by atoms with Crippen LogP contribution < -0.4 is 0 Å². The lowest BCUT2D eigenvalue weighted by atomic mass is 9.43. The molecule has 5 aliphatic rings. The summed E-state index contributed by atoms with van der Waals surface area (Å²) in [7, 11) is 0. The second kappa shape index (κ2) is 9.47. The predicted molar refractivity (Wildman–Crippen MR) is 128 cm³/mol. The van der Waals surface area contributed by atoms with Gasteiger partial charge in [0.15, 0.2) is 5.79 Å². The molecule has 4 aliphatic carbocycles. The van der Waals surface area contributed by atoms with Crippen LogP contribution in [0.25, 0.3) is 0 Å². The Morgan fingerprint density at radius 1 is 0.938 bits per heavy atom. The van der Waals surface area contributed by atoms with Crippen molar-refractivity contribution in [1.29, 1.82) is 0 Å². The van der Waals surface area contributed by atoms with Gasteiger partial charge < -0.3 is 19.7 Å². The molecule has 1 spiro atoms. The topological polar surface area (TPSA) is 58.9 Å². The highest BCUT2D eigenvalue weighted by Crippen LogP contribution is 2.69. The monoisotopic (exact) mass is 450 g/mol. The molecule has 0 bridgehead atoms. The summed E-state index contributed by atoms with van der Waals surface area (Å²) in [6.45, 7) is 13.3. The minimum atomic E-state index is -0.347. The van der Waals surface area contributed by atoms with Crippen molar-refractivity contribution in [2.45, 2.75) is 111 Å². The molecule has 2 N–H and O–H groups in total. The Bertz CT molecular complexity index is 631. The third-order valence-electron chi connectivity index (χ3n) is 11.1. The van der Waals surface area contributed by atoms with Crippen LogP contribution in [0.5, 0.6) is 0 Å². The van der Waals surface area contributed by atoms with Gasteiger partial charge in [0, 0.05) is 19.4 Å². The van der Waals surface area contributed by atoms with Crippen molar-refractivity contribution in [3.05, 3.63) is 0 Å². The molecule has 0 aromatic rings. The maximum absolute atomic E-state index is 11.5. The van der Waals surface area contributed by atoms with Crippen molar-refractivity contribution in [1.82, 2.24) is 0 Å². The lowest BCUT2D eigenvalue weighted by Gasteiger charge is -2.63. The molecule has 4 heteroatoms. The van der Waals surface area contributed by atoms with Crippen molar-refractivity contribution in [3.63, 3.8) is 0 Å². The predicted octanol–water partition coefficient (Wildman–Crippen LogP) is 5.79. The Kier molecular flexibility index (Phi) is 7.39. The van der Waals surface area contributed by atoms with E-state index < -0.39 is 0 Å². The van der Waals surface area contributed by atoms with Crippen LogP contribution in [0.2, 0.25) is 0 Å².